The Balaban J connectivity index is 1.88. The zero-order valence-electron chi connectivity index (χ0n) is 18.9. The maximum absolute atomic E-state index is 13.5. The van der Waals surface area contributed by atoms with Gasteiger partial charge in [-0.25, -0.2) is 9.79 Å². The third-order valence-electron chi connectivity index (χ3n) is 5.34. The molecule has 8 heteroatoms. The third-order valence-corrected chi connectivity index (χ3v) is 6.97. The Morgan fingerprint density at radius 1 is 1.24 bits per heavy atom. The maximum atomic E-state index is 13.5. The second kappa shape index (κ2) is 10.4. The first-order valence-electron chi connectivity index (χ1n) is 10.7. The molecule has 3 aromatic rings. The van der Waals surface area contributed by atoms with Gasteiger partial charge in [0.05, 0.1) is 40.0 Å². The van der Waals surface area contributed by atoms with Crippen LogP contribution in [0.25, 0.3) is 12.2 Å². The fourth-order valence-electron chi connectivity index (χ4n) is 3.78. The molecule has 2 aromatic carbocycles. The molecule has 4 rings (SSSR count). The topological polar surface area (TPSA) is 69.9 Å². The summed E-state index contributed by atoms with van der Waals surface area (Å²) in [5.41, 5.74) is 2.44. The molecule has 34 heavy (non-hydrogen) atoms. The molecule has 0 saturated heterocycles. The van der Waals surface area contributed by atoms with E-state index in [-0.39, 0.29) is 12.2 Å². The Hall–Kier alpha value is -3.23. The van der Waals surface area contributed by atoms with E-state index in [9.17, 15) is 9.59 Å². The number of esters is 1. The van der Waals surface area contributed by atoms with Gasteiger partial charge in [0.1, 0.15) is 5.75 Å². The van der Waals surface area contributed by atoms with Crippen LogP contribution in [0.1, 0.15) is 31.0 Å². The maximum Gasteiger partial charge on any atom is 0.338 e. The molecule has 0 amide bonds. The lowest BCUT2D eigenvalue weighted by molar-refractivity contribution is -0.139. The average Bonchev–Trinajstić information content (AvgIpc) is 3.13. The number of carbonyl (C=O) groups is 1. The number of thiazole rings is 1. The summed E-state index contributed by atoms with van der Waals surface area (Å²) in [5, 5.41) is 0. The van der Waals surface area contributed by atoms with Crippen molar-refractivity contribution in [2.45, 2.75) is 19.9 Å². The van der Waals surface area contributed by atoms with Gasteiger partial charge in [0.2, 0.25) is 0 Å². The molecule has 6 nitrogen and oxygen atoms in total. The number of carbonyl (C=O) groups excluding carboxylic acids is 1. The molecule has 0 N–H and O–H groups in total. The molecule has 0 fully saturated rings. The molecule has 1 aliphatic heterocycles. The molecule has 2 heterocycles. The number of allylic oxidation sites excluding steroid dienone is 2. The van der Waals surface area contributed by atoms with Gasteiger partial charge in [0.25, 0.3) is 5.56 Å². The standard InChI is InChI=1S/C26H23BrN2O4S/c1-4-33-25(31)22-16(2)28-26-29(23(22)18-13-14-20(32-3)19(27)15-18)24(30)21(34-26)12-8-11-17-9-6-5-7-10-17/h5-15,23H,4H2,1-3H3/b11-8+,21-12+/t23-/m1/s1. The van der Waals surface area contributed by atoms with Crippen molar-refractivity contribution in [2.75, 3.05) is 13.7 Å². The van der Waals surface area contributed by atoms with Crippen molar-refractivity contribution >= 4 is 45.4 Å². The van der Waals surface area contributed by atoms with Gasteiger partial charge in [-0.1, -0.05) is 59.9 Å². The fraction of sp³-hybridized carbons (Fsp3) is 0.192. The van der Waals surface area contributed by atoms with E-state index in [2.05, 4.69) is 20.9 Å². The first-order valence-corrected chi connectivity index (χ1v) is 12.3. The van der Waals surface area contributed by atoms with Gasteiger partial charge in [-0.05, 0) is 59.1 Å². The van der Waals surface area contributed by atoms with E-state index < -0.39 is 12.0 Å². The number of rotatable bonds is 6. The lowest BCUT2D eigenvalue weighted by Crippen LogP contribution is -2.39. The highest BCUT2D eigenvalue weighted by molar-refractivity contribution is 9.10. The highest BCUT2D eigenvalue weighted by Crippen LogP contribution is 2.34. The van der Waals surface area contributed by atoms with Crippen molar-refractivity contribution < 1.29 is 14.3 Å². The number of benzene rings is 2. The normalized spacial score (nSPS) is 15.9. The van der Waals surface area contributed by atoms with Gasteiger partial charge in [0.15, 0.2) is 4.80 Å². The minimum atomic E-state index is -0.669. The van der Waals surface area contributed by atoms with Gasteiger partial charge < -0.3 is 9.47 Å². The number of nitrogens with zero attached hydrogens (tertiary/aromatic N) is 2. The molecule has 0 spiro atoms. The van der Waals surface area contributed by atoms with E-state index in [1.807, 2.05) is 54.6 Å². The van der Waals surface area contributed by atoms with Crippen LogP contribution in [0.5, 0.6) is 5.75 Å². The van der Waals surface area contributed by atoms with Crippen LogP contribution < -0.4 is 19.6 Å². The summed E-state index contributed by atoms with van der Waals surface area (Å²) < 4.78 is 13.5. The van der Waals surface area contributed by atoms with Crippen LogP contribution in [0, 0.1) is 0 Å². The van der Waals surface area contributed by atoms with Gasteiger partial charge in [0, 0.05) is 0 Å². The molecule has 174 valence electrons. The zero-order chi connectivity index (χ0) is 24.2. The Kier molecular flexibility index (Phi) is 7.29. The van der Waals surface area contributed by atoms with Gasteiger partial charge >= 0.3 is 5.97 Å². The van der Waals surface area contributed by atoms with Gasteiger partial charge in [-0.3, -0.25) is 9.36 Å². The quantitative estimate of drug-likeness (QED) is 0.440. The largest absolute Gasteiger partial charge is 0.496 e. The zero-order valence-corrected chi connectivity index (χ0v) is 21.4. The predicted molar refractivity (Wildman–Crippen MR) is 137 cm³/mol. The molecule has 1 atom stereocenters. The molecule has 1 aromatic heterocycles. The lowest BCUT2D eigenvalue weighted by atomic mass is 9.96. The van der Waals surface area contributed by atoms with Gasteiger partial charge in [-0.2, -0.15) is 0 Å². The van der Waals surface area contributed by atoms with Crippen LogP contribution in [0.4, 0.5) is 0 Å². The van der Waals surface area contributed by atoms with Crippen molar-refractivity contribution in [3.05, 3.63) is 101 Å². The number of fused-ring (bicyclic) bond motifs is 1. The monoisotopic (exact) mass is 538 g/mol. The van der Waals surface area contributed by atoms with Crippen LogP contribution in [-0.2, 0) is 9.53 Å². The molecule has 0 aliphatic carbocycles. The van der Waals surface area contributed by atoms with Crippen molar-refractivity contribution in [2.24, 2.45) is 4.99 Å². The van der Waals surface area contributed by atoms with Crippen molar-refractivity contribution in [1.82, 2.24) is 4.57 Å². The lowest BCUT2D eigenvalue weighted by Gasteiger charge is -2.25. The minimum absolute atomic E-state index is 0.215. The summed E-state index contributed by atoms with van der Waals surface area (Å²) >= 11 is 4.81. The third kappa shape index (κ3) is 4.69. The Labute approximate surface area is 209 Å². The average molecular weight is 539 g/mol. The van der Waals surface area contributed by atoms with Crippen molar-refractivity contribution in [1.29, 1.82) is 0 Å². The molecule has 0 saturated carbocycles. The van der Waals surface area contributed by atoms with Crippen LogP contribution >= 0.6 is 27.3 Å². The minimum Gasteiger partial charge on any atom is -0.496 e. The first-order chi connectivity index (χ1) is 16.4. The predicted octanol–water partition coefficient (Wildman–Crippen LogP) is 4.23. The molecule has 1 aliphatic rings. The van der Waals surface area contributed by atoms with E-state index >= 15 is 0 Å². The second-order valence-electron chi connectivity index (χ2n) is 7.49. The molecular weight excluding hydrogens is 516 g/mol. The summed E-state index contributed by atoms with van der Waals surface area (Å²) in [5.74, 6) is 0.166. The number of halogens is 1. The Morgan fingerprint density at radius 3 is 2.68 bits per heavy atom. The molecule has 0 bridgehead atoms. The van der Waals surface area contributed by atoms with Crippen LogP contribution in [-0.4, -0.2) is 24.3 Å². The van der Waals surface area contributed by atoms with Gasteiger partial charge in [-0.15, -0.1) is 0 Å². The number of ether oxygens (including phenoxy) is 2. The van der Waals surface area contributed by atoms with Crippen molar-refractivity contribution in [3.8, 4) is 5.75 Å². The Bertz CT molecular complexity index is 1470. The molecule has 0 unspecified atom stereocenters. The first kappa shape index (κ1) is 23.9. The van der Waals surface area contributed by atoms with Crippen molar-refractivity contribution in [3.63, 3.8) is 0 Å². The Morgan fingerprint density at radius 2 is 2.00 bits per heavy atom. The smallest absolute Gasteiger partial charge is 0.338 e. The summed E-state index contributed by atoms with van der Waals surface area (Å²) in [4.78, 5) is 31.6. The SMILES string of the molecule is CCOC(=O)C1=C(C)N=c2s/c(=C/C=C/c3ccccc3)c(=O)n2[C@@H]1c1ccc(OC)c(Br)c1. The van der Waals surface area contributed by atoms with E-state index in [0.29, 0.717) is 26.4 Å². The summed E-state index contributed by atoms with van der Waals surface area (Å²) in [6.07, 6.45) is 5.56. The number of aromatic nitrogens is 1. The van der Waals surface area contributed by atoms with E-state index in [4.69, 9.17) is 9.47 Å². The highest BCUT2D eigenvalue weighted by Gasteiger charge is 2.33. The summed E-state index contributed by atoms with van der Waals surface area (Å²) in [6.45, 7) is 3.74. The highest BCUT2D eigenvalue weighted by atomic mass is 79.9. The van der Waals surface area contributed by atoms with E-state index in [1.54, 1.807) is 37.7 Å². The summed E-state index contributed by atoms with van der Waals surface area (Å²) in [7, 11) is 1.58. The van der Waals surface area contributed by atoms with Crippen LogP contribution in [0.2, 0.25) is 0 Å². The van der Waals surface area contributed by atoms with Crippen LogP contribution in [0.15, 0.2) is 80.1 Å². The number of methoxy groups -OCH3 is 1. The van der Waals surface area contributed by atoms with E-state index in [1.165, 1.54) is 11.3 Å². The molecule has 0 radical (unpaired) electrons. The number of hydrogen-bond acceptors (Lipinski definition) is 6. The van der Waals surface area contributed by atoms with Crippen LogP contribution in [0.3, 0.4) is 0 Å². The van der Waals surface area contributed by atoms with E-state index in [0.717, 1.165) is 15.6 Å². The molecular formula is C26H23BrN2O4S. The summed E-state index contributed by atoms with van der Waals surface area (Å²) in [6, 6.07) is 14.7. The number of hydrogen-bond donors (Lipinski definition) is 0. The second-order valence-corrected chi connectivity index (χ2v) is 9.35. The fourth-order valence-corrected chi connectivity index (χ4v) is 5.34.